The van der Waals surface area contributed by atoms with Gasteiger partial charge in [-0.15, -0.1) is 0 Å². The minimum atomic E-state index is -0.732. The van der Waals surface area contributed by atoms with E-state index in [1.54, 1.807) is 37.3 Å². The van der Waals surface area contributed by atoms with E-state index >= 15 is 0 Å². The first-order valence-electron chi connectivity index (χ1n) is 6.04. The summed E-state index contributed by atoms with van der Waals surface area (Å²) < 4.78 is 19.8. The lowest BCUT2D eigenvalue weighted by Gasteiger charge is -2.15. The molecular weight excluding hydrogens is 325 g/mol. The van der Waals surface area contributed by atoms with E-state index in [1.165, 1.54) is 12.1 Å². The van der Waals surface area contributed by atoms with Gasteiger partial charge in [0.05, 0.1) is 5.69 Å². The minimum absolute atomic E-state index is 0.141. The van der Waals surface area contributed by atoms with Crippen LogP contribution in [0.25, 0.3) is 0 Å². The van der Waals surface area contributed by atoms with Gasteiger partial charge in [0.15, 0.2) is 6.10 Å². The minimum Gasteiger partial charge on any atom is -0.481 e. The Morgan fingerprint density at radius 1 is 1.25 bits per heavy atom. The summed E-state index contributed by atoms with van der Waals surface area (Å²) in [5.41, 5.74) is 0.141. The van der Waals surface area contributed by atoms with Gasteiger partial charge in [-0.25, -0.2) is 4.39 Å². The van der Waals surface area contributed by atoms with E-state index in [4.69, 9.17) is 4.74 Å². The monoisotopic (exact) mass is 337 g/mol. The van der Waals surface area contributed by atoms with Crippen molar-refractivity contribution < 1.29 is 13.9 Å². The maximum absolute atomic E-state index is 13.4. The molecule has 0 bridgehead atoms. The van der Waals surface area contributed by atoms with Crippen LogP contribution in [0.4, 0.5) is 10.1 Å². The number of hydrogen-bond donors (Lipinski definition) is 1. The molecule has 0 aromatic heterocycles. The van der Waals surface area contributed by atoms with Crippen molar-refractivity contribution in [1.82, 2.24) is 0 Å². The Bertz CT molecular complexity index is 618. The quantitative estimate of drug-likeness (QED) is 0.915. The first kappa shape index (κ1) is 14.5. The van der Waals surface area contributed by atoms with Crippen LogP contribution in [0.5, 0.6) is 5.75 Å². The highest BCUT2D eigenvalue weighted by Crippen LogP contribution is 2.19. The highest BCUT2D eigenvalue weighted by molar-refractivity contribution is 9.10. The van der Waals surface area contributed by atoms with Crippen molar-refractivity contribution in [1.29, 1.82) is 0 Å². The van der Waals surface area contributed by atoms with Gasteiger partial charge in [-0.3, -0.25) is 4.79 Å². The second-order valence-corrected chi connectivity index (χ2v) is 5.10. The number of benzene rings is 2. The lowest BCUT2D eigenvalue weighted by molar-refractivity contribution is -0.122. The fourth-order valence-electron chi connectivity index (χ4n) is 1.59. The van der Waals surface area contributed by atoms with E-state index in [9.17, 15) is 9.18 Å². The van der Waals surface area contributed by atoms with Crippen LogP contribution in [0.1, 0.15) is 6.92 Å². The molecule has 0 saturated carbocycles. The molecule has 1 atom stereocenters. The van der Waals surface area contributed by atoms with Crippen molar-refractivity contribution in [3.05, 3.63) is 58.8 Å². The van der Waals surface area contributed by atoms with E-state index < -0.39 is 17.8 Å². The standard InChI is InChI=1S/C15H13BrFNO2/c1-10(20-12-6-4-5-11(16)9-12)15(19)18-14-8-3-2-7-13(14)17/h2-10H,1H3,(H,18,19). The fraction of sp³-hybridized carbons (Fsp3) is 0.133. The number of halogens is 2. The molecule has 0 heterocycles. The highest BCUT2D eigenvalue weighted by Gasteiger charge is 2.16. The molecule has 20 heavy (non-hydrogen) atoms. The zero-order chi connectivity index (χ0) is 14.5. The van der Waals surface area contributed by atoms with Crippen molar-refractivity contribution in [2.75, 3.05) is 5.32 Å². The third-order valence-electron chi connectivity index (χ3n) is 2.61. The van der Waals surface area contributed by atoms with Crippen molar-refractivity contribution in [2.45, 2.75) is 13.0 Å². The summed E-state index contributed by atoms with van der Waals surface area (Å²) in [5.74, 6) is -0.318. The van der Waals surface area contributed by atoms with Crippen molar-refractivity contribution in [2.24, 2.45) is 0 Å². The van der Waals surface area contributed by atoms with Gasteiger partial charge < -0.3 is 10.1 Å². The Kier molecular flexibility index (Phi) is 4.74. The van der Waals surface area contributed by atoms with Gasteiger partial charge in [0.25, 0.3) is 5.91 Å². The number of rotatable bonds is 4. The number of hydrogen-bond acceptors (Lipinski definition) is 2. The second kappa shape index (κ2) is 6.52. The normalized spacial score (nSPS) is 11.8. The summed E-state index contributed by atoms with van der Waals surface area (Å²) in [4.78, 5) is 11.9. The molecule has 1 unspecified atom stereocenters. The molecule has 2 rings (SSSR count). The fourth-order valence-corrected chi connectivity index (χ4v) is 1.97. The Hall–Kier alpha value is -1.88. The molecule has 2 aromatic carbocycles. The van der Waals surface area contributed by atoms with E-state index in [2.05, 4.69) is 21.2 Å². The smallest absolute Gasteiger partial charge is 0.265 e. The first-order chi connectivity index (χ1) is 9.56. The highest BCUT2D eigenvalue weighted by atomic mass is 79.9. The molecule has 5 heteroatoms. The molecule has 0 fully saturated rings. The van der Waals surface area contributed by atoms with Gasteiger partial charge in [0.1, 0.15) is 11.6 Å². The van der Waals surface area contributed by atoms with Crippen LogP contribution in [0, 0.1) is 5.82 Å². The number of carbonyl (C=O) groups is 1. The molecule has 3 nitrogen and oxygen atoms in total. The van der Waals surface area contributed by atoms with E-state index in [0.717, 1.165) is 4.47 Å². The van der Waals surface area contributed by atoms with Gasteiger partial charge in [-0.1, -0.05) is 34.1 Å². The zero-order valence-corrected chi connectivity index (χ0v) is 12.4. The average molecular weight is 338 g/mol. The van der Waals surface area contributed by atoms with Crippen LogP contribution in [0.2, 0.25) is 0 Å². The van der Waals surface area contributed by atoms with E-state index in [0.29, 0.717) is 5.75 Å². The SMILES string of the molecule is CC(Oc1cccc(Br)c1)C(=O)Nc1ccccc1F. The summed E-state index contributed by atoms with van der Waals surface area (Å²) in [5, 5.41) is 2.49. The predicted molar refractivity (Wildman–Crippen MR) is 79.3 cm³/mol. The van der Waals surface area contributed by atoms with Crippen molar-refractivity contribution >= 4 is 27.5 Å². The molecule has 104 valence electrons. The number of carbonyl (C=O) groups excluding carboxylic acids is 1. The Morgan fingerprint density at radius 3 is 2.70 bits per heavy atom. The largest absolute Gasteiger partial charge is 0.481 e. The van der Waals surface area contributed by atoms with Gasteiger partial charge in [-0.05, 0) is 37.3 Å². The van der Waals surface area contributed by atoms with Crippen molar-refractivity contribution in [3.8, 4) is 5.75 Å². The number of para-hydroxylation sites is 1. The van der Waals surface area contributed by atoms with Crippen LogP contribution in [-0.2, 0) is 4.79 Å². The van der Waals surface area contributed by atoms with Crippen LogP contribution >= 0.6 is 15.9 Å². The molecule has 1 N–H and O–H groups in total. The molecule has 1 amide bonds. The number of nitrogens with one attached hydrogen (secondary N) is 1. The summed E-state index contributed by atoms with van der Waals surface area (Å²) >= 11 is 3.32. The number of anilines is 1. The van der Waals surface area contributed by atoms with E-state index in [-0.39, 0.29) is 5.69 Å². The number of amides is 1. The van der Waals surface area contributed by atoms with Crippen molar-refractivity contribution in [3.63, 3.8) is 0 Å². The molecule has 0 radical (unpaired) electrons. The Labute approximate surface area is 124 Å². The van der Waals surface area contributed by atoms with E-state index in [1.807, 2.05) is 6.07 Å². The molecule has 0 aliphatic rings. The molecule has 0 spiro atoms. The maximum atomic E-state index is 13.4. The molecule has 2 aromatic rings. The van der Waals surface area contributed by atoms with Crippen LogP contribution in [0.15, 0.2) is 53.0 Å². The van der Waals surface area contributed by atoms with Gasteiger partial charge >= 0.3 is 0 Å². The Balaban J connectivity index is 2.01. The lowest BCUT2D eigenvalue weighted by Crippen LogP contribution is -2.30. The Morgan fingerprint density at radius 2 is 2.00 bits per heavy atom. The zero-order valence-electron chi connectivity index (χ0n) is 10.8. The third-order valence-corrected chi connectivity index (χ3v) is 3.10. The first-order valence-corrected chi connectivity index (χ1v) is 6.83. The number of ether oxygens (including phenoxy) is 1. The molecular formula is C15H13BrFNO2. The van der Waals surface area contributed by atoms with Gasteiger partial charge in [0.2, 0.25) is 0 Å². The predicted octanol–water partition coefficient (Wildman–Crippen LogP) is 3.99. The van der Waals surface area contributed by atoms with Crippen LogP contribution in [0.3, 0.4) is 0 Å². The summed E-state index contributed by atoms with van der Waals surface area (Å²) in [6, 6.07) is 13.2. The molecule has 0 saturated heterocycles. The third kappa shape index (κ3) is 3.81. The molecule has 0 aliphatic heterocycles. The summed E-state index contributed by atoms with van der Waals surface area (Å²) in [7, 11) is 0. The molecule has 0 aliphatic carbocycles. The second-order valence-electron chi connectivity index (χ2n) is 4.19. The average Bonchev–Trinajstić information content (AvgIpc) is 2.41. The lowest BCUT2D eigenvalue weighted by atomic mass is 10.3. The summed E-state index contributed by atoms with van der Waals surface area (Å²) in [6.45, 7) is 1.61. The van der Waals surface area contributed by atoms with Crippen LogP contribution in [-0.4, -0.2) is 12.0 Å². The van der Waals surface area contributed by atoms with Gasteiger partial charge in [0, 0.05) is 4.47 Å². The topological polar surface area (TPSA) is 38.3 Å². The van der Waals surface area contributed by atoms with Crippen LogP contribution < -0.4 is 10.1 Å². The summed E-state index contributed by atoms with van der Waals surface area (Å²) in [6.07, 6.45) is -0.732. The maximum Gasteiger partial charge on any atom is 0.265 e. The van der Waals surface area contributed by atoms with Gasteiger partial charge in [-0.2, -0.15) is 0 Å².